The number of halogens is 1. The molecule has 2 rings (SSSR count). The summed E-state index contributed by atoms with van der Waals surface area (Å²) in [5.41, 5.74) is 0.980. The molecule has 2 amide bonds. The second kappa shape index (κ2) is 5.40. The molecule has 0 saturated carbocycles. The highest BCUT2D eigenvalue weighted by molar-refractivity contribution is 6.32. The van der Waals surface area contributed by atoms with E-state index < -0.39 is 0 Å². The Morgan fingerprint density at radius 2 is 1.94 bits per heavy atom. The summed E-state index contributed by atoms with van der Waals surface area (Å²) in [7, 11) is 1.56. The lowest BCUT2D eigenvalue weighted by Gasteiger charge is -2.13. The molecule has 0 bridgehead atoms. The van der Waals surface area contributed by atoms with Crippen LogP contribution < -0.4 is 4.74 Å². The van der Waals surface area contributed by atoms with Gasteiger partial charge in [-0.3, -0.25) is 14.5 Å². The third-order valence-corrected chi connectivity index (χ3v) is 3.29. The van der Waals surface area contributed by atoms with Crippen molar-refractivity contribution in [2.24, 2.45) is 0 Å². The van der Waals surface area contributed by atoms with Gasteiger partial charge < -0.3 is 4.74 Å². The fraction of sp³-hybridized carbons (Fsp3) is 0.385. The normalized spacial score (nSPS) is 15.3. The zero-order chi connectivity index (χ0) is 13.1. The lowest BCUT2D eigenvalue weighted by atomic mass is 10.1. The van der Waals surface area contributed by atoms with Gasteiger partial charge in [0.15, 0.2) is 0 Å². The summed E-state index contributed by atoms with van der Waals surface area (Å²) in [4.78, 5) is 24.2. The molecule has 18 heavy (non-hydrogen) atoms. The fourth-order valence-corrected chi connectivity index (χ4v) is 2.26. The molecule has 1 aliphatic heterocycles. The van der Waals surface area contributed by atoms with Crippen molar-refractivity contribution in [2.75, 3.05) is 13.7 Å². The highest BCUT2D eigenvalue weighted by atomic mass is 35.5. The second-order valence-corrected chi connectivity index (χ2v) is 4.57. The van der Waals surface area contributed by atoms with Gasteiger partial charge in [0.2, 0.25) is 11.8 Å². The SMILES string of the molecule is COc1ccc(CCN2C(=O)CCC2=O)cc1Cl. The summed E-state index contributed by atoms with van der Waals surface area (Å²) in [6.45, 7) is 0.417. The van der Waals surface area contributed by atoms with Crippen LogP contribution in [0.5, 0.6) is 5.75 Å². The van der Waals surface area contributed by atoms with Gasteiger partial charge >= 0.3 is 0 Å². The Kier molecular flexibility index (Phi) is 3.87. The van der Waals surface area contributed by atoms with Gasteiger partial charge in [-0.2, -0.15) is 0 Å². The molecule has 0 aliphatic carbocycles. The minimum atomic E-state index is -0.0837. The largest absolute Gasteiger partial charge is 0.495 e. The topological polar surface area (TPSA) is 46.6 Å². The number of hydrogen-bond donors (Lipinski definition) is 0. The number of methoxy groups -OCH3 is 1. The Morgan fingerprint density at radius 1 is 1.28 bits per heavy atom. The van der Waals surface area contributed by atoms with Crippen LogP contribution in [-0.2, 0) is 16.0 Å². The number of imide groups is 1. The molecule has 1 aliphatic rings. The van der Waals surface area contributed by atoms with Gasteiger partial charge in [-0.05, 0) is 24.1 Å². The first-order chi connectivity index (χ1) is 8.61. The van der Waals surface area contributed by atoms with Crippen LogP contribution in [0, 0.1) is 0 Å². The van der Waals surface area contributed by atoms with E-state index >= 15 is 0 Å². The number of benzene rings is 1. The Labute approximate surface area is 110 Å². The quantitative estimate of drug-likeness (QED) is 0.785. The number of carbonyl (C=O) groups excluding carboxylic acids is 2. The molecule has 0 radical (unpaired) electrons. The van der Waals surface area contributed by atoms with E-state index in [9.17, 15) is 9.59 Å². The van der Waals surface area contributed by atoms with Crippen LogP contribution in [0.2, 0.25) is 5.02 Å². The van der Waals surface area contributed by atoms with Crippen LogP contribution in [0.4, 0.5) is 0 Å². The summed E-state index contributed by atoms with van der Waals surface area (Å²) in [5, 5.41) is 0.536. The van der Waals surface area contributed by atoms with Crippen molar-refractivity contribution in [1.82, 2.24) is 4.90 Å². The third-order valence-electron chi connectivity index (χ3n) is 3.00. The van der Waals surface area contributed by atoms with Crippen LogP contribution in [0.15, 0.2) is 18.2 Å². The first-order valence-corrected chi connectivity index (χ1v) is 6.15. The second-order valence-electron chi connectivity index (χ2n) is 4.16. The predicted molar refractivity (Wildman–Crippen MR) is 67.7 cm³/mol. The fourth-order valence-electron chi connectivity index (χ4n) is 1.98. The summed E-state index contributed by atoms with van der Waals surface area (Å²) in [6, 6.07) is 5.46. The minimum Gasteiger partial charge on any atom is -0.495 e. The zero-order valence-electron chi connectivity index (χ0n) is 10.1. The van der Waals surface area contributed by atoms with Crippen LogP contribution in [-0.4, -0.2) is 30.4 Å². The number of amides is 2. The smallest absolute Gasteiger partial charge is 0.229 e. The van der Waals surface area contributed by atoms with Crippen LogP contribution in [0.3, 0.4) is 0 Å². The van der Waals surface area contributed by atoms with Crippen molar-refractivity contribution in [2.45, 2.75) is 19.3 Å². The Morgan fingerprint density at radius 3 is 2.50 bits per heavy atom. The standard InChI is InChI=1S/C13H14ClNO3/c1-18-11-3-2-9(8-10(11)14)6-7-15-12(16)4-5-13(15)17/h2-3,8H,4-7H2,1H3. The molecule has 0 N–H and O–H groups in total. The number of hydrogen-bond acceptors (Lipinski definition) is 3. The predicted octanol–water partition coefficient (Wildman–Crippen LogP) is 2.04. The highest BCUT2D eigenvalue weighted by Crippen LogP contribution is 2.25. The van der Waals surface area contributed by atoms with Crippen LogP contribution in [0.1, 0.15) is 18.4 Å². The zero-order valence-corrected chi connectivity index (χ0v) is 10.9. The van der Waals surface area contributed by atoms with Crippen molar-refractivity contribution in [3.63, 3.8) is 0 Å². The first kappa shape index (κ1) is 12.9. The Hall–Kier alpha value is -1.55. The number of carbonyl (C=O) groups is 2. The van der Waals surface area contributed by atoms with Gasteiger partial charge in [-0.25, -0.2) is 0 Å². The molecule has 0 atom stereocenters. The van der Waals surface area contributed by atoms with Crippen molar-refractivity contribution in [3.05, 3.63) is 28.8 Å². The van der Waals surface area contributed by atoms with Crippen molar-refractivity contribution >= 4 is 23.4 Å². The maximum absolute atomic E-state index is 11.4. The van der Waals surface area contributed by atoms with E-state index in [0.29, 0.717) is 36.6 Å². The molecule has 1 aromatic carbocycles. The molecule has 0 aromatic heterocycles. The maximum Gasteiger partial charge on any atom is 0.229 e. The van der Waals surface area contributed by atoms with Gasteiger partial charge in [0.05, 0.1) is 12.1 Å². The average molecular weight is 268 g/mol. The summed E-state index contributed by atoms with van der Waals surface area (Å²) < 4.78 is 5.06. The number of nitrogens with zero attached hydrogens (tertiary/aromatic N) is 1. The van der Waals surface area contributed by atoms with Crippen molar-refractivity contribution < 1.29 is 14.3 Å². The summed E-state index contributed by atoms with van der Waals surface area (Å²) in [5.74, 6) is 0.452. The molecular weight excluding hydrogens is 254 g/mol. The number of likely N-dealkylation sites (tertiary alicyclic amines) is 1. The molecule has 1 fully saturated rings. The van der Waals surface area contributed by atoms with E-state index in [2.05, 4.69) is 0 Å². The molecular formula is C13H14ClNO3. The van der Waals surface area contributed by atoms with E-state index in [1.165, 1.54) is 4.90 Å². The molecule has 0 spiro atoms. The molecule has 4 nitrogen and oxygen atoms in total. The molecule has 1 saturated heterocycles. The maximum atomic E-state index is 11.4. The van der Waals surface area contributed by atoms with Gasteiger partial charge in [0.25, 0.3) is 0 Å². The van der Waals surface area contributed by atoms with Crippen LogP contribution >= 0.6 is 11.6 Å². The Bertz CT molecular complexity index is 471. The lowest BCUT2D eigenvalue weighted by Crippen LogP contribution is -2.31. The molecule has 1 heterocycles. The molecule has 1 aromatic rings. The lowest BCUT2D eigenvalue weighted by molar-refractivity contribution is -0.138. The minimum absolute atomic E-state index is 0.0837. The van der Waals surface area contributed by atoms with Gasteiger partial charge in [-0.15, -0.1) is 0 Å². The number of rotatable bonds is 4. The van der Waals surface area contributed by atoms with Gasteiger partial charge in [0.1, 0.15) is 5.75 Å². The highest BCUT2D eigenvalue weighted by Gasteiger charge is 2.28. The summed E-state index contributed by atoms with van der Waals surface area (Å²) >= 11 is 6.01. The molecule has 5 heteroatoms. The average Bonchev–Trinajstić information content (AvgIpc) is 2.67. The third kappa shape index (κ3) is 2.64. The summed E-state index contributed by atoms with van der Waals surface area (Å²) in [6.07, 6.45) is 1.28. The van der Waals surface area contributed by atoms with Crippen LogP contribution in [0.25, 0.3) is 0 Å². The van der Waals surface area contributed by atoms with E-state index in [0.717, 1.165) is 5.56 Å². The Balaban J connectivity index is 2.00. The van der Waals surface area contributed by atoms with Gasteiger partial charge in [-0.1, -0.05) is 17.7 Å². The van der Waals surface area contributed by atoms with Crippen molar-refractivity contribution in [3.8, 4) is 5.75 Å². The van der Waals surface area contributed by atoms with E-state index in [1.54, 1.807) is 19.2 Å². The van der Waals surface area contributed by atoms with Gasteiger partial charge in [0, 0.05) is 19.4 Å². The molecule has 0 unspecified atom stereocenters. The van der Waals surface area contributed by atoms with E-state index in [1.807, 2.05) is 6.07 Å². The number of ether oxygens (including phenoxy) is 1. The molecule has 96 valence electrons. The first-order valence-electron chi connectivity index (χ1n) is 5.77. The van der Waals surface area contributed by atoms with E-state index in [4.69, 9.17) is 16.3 Å². The monoisotopic (exact) mass is 267 g/mol. The van der Waals surface area contributed by atoms with E-state index in [-0.39, 0.29) is 11.8 Å². The van der Waals surface area contributed by atoms with Crippen molar-refractivity contribution in [1.29, 1.82) is 0 Å².